The van der Waals surface area contributed by atoms with Crippen LogP contribution in [0, 0.1) is 5.92 Å². The molecule has 0 radical (unpaired) electrons. The second-order valence-corrected chi connectivity index (χ2v) is 3.63. The van der Waals surface area contributed by atoms with Crippen LogP contribution in [0.2, 0.25) is 0 Å². The van der Waals surface area contributed by atoms with E-state index in [1.807, 2.05) is 0 Å². The van der Waals surface area contributed by atoms with Crippen molar-refractivity contribution in [3.05, 3.63) is 28.2 Å². The van der Waals surface area contributed by atoms with Crippen LogP contribution in [-0.4, -0.2) is 33.3 Å². The van der Waals surface area contributed by atoms with E-state index in [2.05, 4.69) is 10.4 Å². The van der Waals surface area contributed by atoms with Gasteiger partial charge in [0.15, 0.2) is 0 Å². The van der Waals surface area contributed by atoms with E-state index in [1.165, 1.54) is 26.1 Å². The standard InChI is InChI=1S/C10H13N3O4/c1-6(10(16)17)5-11-9(15)7-3-4-8(14)13(2)12-7/h3-4,6H,5H2,1-2H3,(H,11,15)(H,16,17). The second-order valence-electron chi connectivity index (χ2n) is 3.63. The minimum atomic E-state index is -0.987. The maximum Gasteiger partial charge on any atom is 0.308 e. The molecule has 7 heteroatoms. The number of carbonyl (C=O) groups is 2. The van der Waals surface area contributed by atoms with Crippen LogP contribution in [0.4, 0.5) is 0 Å². The van der Waals surface area contributed by atoms with E-state index in [-0.39, 0.29) is 17.8 Å². The molecule has 2 N–H and O–H groups in total. The second kappa shape index (κ2) is 5.24. The molecule has 0 aliphatic rings. The minimum absolute atomic E-state index is 0.0126. The monoisotopic (exact) mass is 239 g/mol. The first-order valence-corrected chi connectivity index (χ1v) is 4.97. The zero-order valence-corrected chi connectivity index (χ0v) is 9.51. The SMILES string of the molecule is CC(CNC(=O)c1ccc(=O)n(C)n1)C(=O)O. The smallest absolute Gasteiger partial charge is 0.308 e. The van der Waals surface area contributed by atoms with E-state index in [9.17, 15) is 14.4 Å². The quantitative estimate of drug-likeness (QED) is 0.718. The maximum absolute atomic E-state index is 11.6. The summed E-state index contributed by atoms with van der Waals surface area (Å²) in [5.41, 5.74) is -0.245. The van der Waals surface area contributed by atoms with Crippen LogP contribution >= 0.6 is 0 Å². The first-order valence-electron chi connectivity index (χ1n) is 4.97. The number of aryl methyl sites for hydroxylation is 1. The van der Waals surface area contributed by atoms with Gasteiger partial charge in [-0.2, -0.15) is 5.10 Å². The molecule has 0 aromatic carbocycles. The molecular formula is C10H13N3O4. The summed E-state index contributed by atoms with van der Waals surface area (Å²) in [6.07, 6.45) is 0. The summed E-state index contributed by atoms with van der Waals surface area (Å²) in [4.78, 5) is 33.1. The Kier molecular flexibility index (Phi) is 3.97. The number of hydrogen-bond acceptors (Lipinski definition) is 4. The molecule has 1 aromatic heterocycles. The first-order chi connectivity index (χ1) is 7.91. The van der Waals surface area contributed by atoms with Crippen LogP contribution in [0.3, 0.4) is 0 Å². The Labute approximate surface area is 97.1 Å². The number of carboxylic acid groups (broad SMARTS) is 1. The van der Waals surface area contributed by atoms with Crippen molar-refractivity contribution >= 4 is 11.9 Å². The summed E-state index contributed by atoms with van der Waals surface area (Å²) in [5.74, 6) is -2.17. The van der Waals surface area contributed by atoms with E-state index in [0.29, 0.717) is 0 Å². The molecule has 0 aliphatic carbocycles. The van der Waals surface area contributed by atoms with E-state index in [4.69, 9.17) is 5.11 Å². The van der Waals surface area contributed by atoms with E-state index >= 15 is 0 Å². The molecule has 0 bridgehead atoms. The van der Waals surface area contributed by atoms with Crippen molar-refractivity contribution < 1.29 is 14.7 Å². The van der Waals surface area contributed by atoms with Crippen molar-refractivity contribution in [2.75, 3.05) is 6.54 Å². The molecule has 1 rings (SSSR count). The van der Waals surface area contributed by atoms with E-state index < -0.39 is 17.8 Å². The van der Waals surface area contributed by atoms with Crippen LogP contribution < -0.4 is 10.9 Å². The van der Waals surface area contributed by atoms with Gasteiger partial charge < -0.3 is 10.4 Å². The zero-order chi connectivity index (χ0) is 13.0. The summed E-state index contributed by atoms with van der Waals surface area (Å²) in [6, 6.07) is 2.52. The van der Waals surface area contributed by atoms with E-state index in [0.717, 1.165) is 4.68 Å². The van der Waals surface area contributed by atoms with Crippen molar-refractivity contribution in [3.63, 3.8) is 0 Å². The summed E-state index contributed by atoms with van der Waals surface area (Å²) in [5, 5.41) is 14.8. The molecular weight excluding hydrogens is 226 g/mol. The van der Waals surface area contributed by atoms with Gasteiger partial charge in [0, 0.05) is 19.7 Å². The Bertz CT molecular complexity index is 495. The lowest BCUT2D eigenvalue weighted by Crippen LogP contribution is -2.33. The third-order valence-electron chi connectivity index (χ3n) is 2.18. The molecule has 1 unspecified atom stereocenters. The van der Waals surface area contributed by atoms with Crippen molar-refractivity contribution in [1.82, 2.24) is 15.1 Å². The molecule has 92 valence electrons. The van der Waals surface area contributed by atoms with E-state index in [1.54, 1.807) is 0 Å². The van der Waals surface area contributed by atoms with Crippen LogP contribution in [0.15, 0.2) is 16.9 Å². The van der Waals surface area contributed by atoms with Crippen molar-refractivity contribution in [1.29, 1.82) is 0 Å². The number of rotatable bonds is 4. The number of carbonyl (C=O) groups excluding carboxylic acids is 1. The Morgan fingerprint density at radius 1 is 1.53 bits per heavy atom. The Morgan fingerprint density at radius 3 is 2.71 bits per heavy atom. The van der Waals surface area contributed by atoms with Crippen molar-refractivity contribution in [2.24, 2.45) is 13.0 Å². The maximum atomic E-state index is 11.6. The molecule has 1 aromatic rings. The van der Waals surface area contributed by atoms with Gasteiger partial charge in [-0.3, -0.25) is 14.4 Å². The molecule has 1 heterocycles. The third-order valence-corrected chi connectivity index (χ3v) is 2.18. The number of amides is 1. The van der Waals surface area contributed by atoms with Gasteiger partial charge in [0.1, 0.15) is 5.69 Å². The van der Waals surface area contributed by atoms with Crippen LogP contribution in [0.25, 0.3) is 0 Å². The Morgan fingerprint density at radius 2 is 2.18 bits per heavy atom. The van der Waals surface area contributed by atoms with Crippen LogP contribution in [-0.2, 0) is 11.8 Å². The molecule has 0 saturated carbocycles. The van der Waals surface area contributed by atoms with Gasteiger partial charge >= 0.3 is 5.97 Å². The van der Waals surface area contributed by atoms with Gasteiger partial charge in [-0.05, 0) is 6.07 Å². The van der Waals surface area contributed by atoms with Gasteiger partial charge in [0.2, 0.25) is 0 Å². The normalized spacial score (nSPS) is 11.9. The highest BCUT2D eigenvalue weighted by Crippen LogP contribution is 1.94. The molecule has 0 fully saturated rings. The van der Waals surface area contributed by atoms with Crippen molar-refractivity contribution in [3.8, 4) is 0 Å². The summed E-state index contributed by atoms with van der Waals surface area (Å²) in [6.45, 7) is 1.50. The highest BCUT2D eigenvalue weighted by atomic mass is 16.4. The lowest BCUT2D eigenvalue weighted by Gasteiger charge is -2.08. The minimum Gasteiger partial charge on any atom is -0.481 e. The van der Waals surface area contributed by atoms with Gasteiger partial charge in [-0.15, -0.1) is 0 Å². The number of nitrogens with one attached hydrogen (secondary N) is 1. The summed E-state index contributed by atoms with van der Waals surface area (Å²) >= 11 is 0. The summed E-state index contributed by atoms with van der Waals surface area (Å²) < 4.78 is 1.04. The largest absolute Gasteiger partial charge is 0.481 e. The lowest BCUT2D eigenvalue weighted by atomic mass is 10.2. The van der Waals surface area contributed by atoms with Gasteiger partial charge in [0.25, 0.3) is 11.5 Å². The number of aliphatic carboxylic acids is 1. The molecule has 0 aliphatic heterocycles. The number of carboxylic acids is 1. The number of aromatic nitrogens is 2. The molecule has 0 spiro atoms. The third kappa shape index (κ3) is 3.40. The fraction of sp³-hybridized carbons (Fsp3) is 0.400. The average Bonchev–Trinajstić information content (AvgIpc) is 2.28. The lowest BCUT2D eigenvalue weighted by molar-refractivity contribution is -0.140. The fourth-order valence-electron chi connectivity index (χ4n) is 1.05. The zero-order valence-electron chi connectivity index (χ0n) is 9.51. The molecule has 7 nitrogen and oxygen atoms in total. The summed E-state index contributed by atoms with van der Waals surface area (Å²) in [7, 11) is 1.43. The van der Waals surface area contributed by atoms with Crippen molar-refractivity contribution in [2.45, 2.75) is 6.92 Å². The van der Waals surface area contributed by atoms with Gasteiger partial charge in [-0.1, -0.05) is 6.92 Å². The number of nitrogens with zero attached hydrogens (tertiary/aromatic N) is 2. The topological polar surface area (TPSA) is 101 Å². The van der Waals surface area contributed by atoms with Gasteiger partial charge in [0.05, 0.1) is 5.92 Å². The highest BCUT2D eigenvalue weighted by Gasteiger charge is 2.14. The Balaban J connectivity index is 2.67. The van der Waals surface area contributed by atoms with Crippen LogP contribution in [0.5, 0.6) is 0 Å². The number of hydrogen-bond donors (Lipinski definition) is 2. The molecule has 0 saturated heterocycles. The first kappa shape index (κ1) is 12.9. The Hall–Kier alpha value is -2.18. The van der Waals surface area contributed by atoms with Crippen LogP contribution in [0.1, 0.15) is 17.4 Å². The fourth-order valence-corrected chi connectivity index (χ4v) is 1.05. The highest BCUT2D eigenvalue weighted by molar-refractivity contribution is 5.92. The van der Waals surface area contributed by atoms with Gasteiger partial charge in [-0.25, -0.2) is 4.68 Å². The average molecular weight is 239 g/mol. The predicted molar refractivity (Wildman–Crippen MR) is 58.6 cm³/mol. The molecule has 1 amide bonds. The molecule has 17 heavy (non-hydrogen) atoms. The predicted octanol–water partition coefficient (Wildman–Crippen LogP) is -0.769. The molecule has 1 atom stereocenters.